The fraction of sp³-hybridized carbons (Fsp3) is 0.792. The van der Waals surface area contributed by atoms with Crippen LogP contribution in [0.25, 0.3) is 0 Å². The van der Waals surface area contributed by atoms with Crippen molar-refractivity contribution in [2.24, 2.45) is 0 Å². The fourth-order valence-corrected chi connectivity index (χ4v) is 9.74. The molecular weight excluding hydrogens is 1010 g/mol. The minimum atomic E-state index is -1.51. The van der Waals surface area contributed by atoms with Gasteiger partial charge in [-0.25, -0.2) is 4.79 Å². The molecule has 0 saturated carbocycles. The number of carbonyl (C=O) groups excluding carboxylic acids is 2. The van der Waals surface area contributed by atoms with Crippen LogP contribution in [0.4, 0.5) is 0 Å². The number of quaternary nitrogens is 1. The molecule has 470 valence electrons. The van der Waals surface area contributed by atoms with E-state index in [0.29, 0.717) is 17.4 Å². The van der Waals surface area contributed by atoms with Crippen molar-refractivity contribution in [1.29, 1.82) is 0 Å². The first-order valence-electron chi connectivity index (χ1n) is 34.1. The SMILES string of the molecule is CC/C=C\C/C=C\C/C=C\C/C=C\C/C=C\CCCCCCCCCCCCCCCCCCCC(=O)OC(COC(=O)CCCCCCCCCCCCC/C=C\CCCCCCCCCC)COC(OCC[N+](C)(C)C)C(=O)O. The Morgan fingerprint density at radius 2 is 0.704 bits per heavy atom. The molecule has 2 unspecified atom stereocenters. The zero-order valence-electron chi connectivity index (χ0n) is 53.7. The monoisotopic (exact) mass is 1140 g/mol. The molecule has 0 aliphatic heterocycles. The molecule has 0 spiro atoms. The Labute approximate surface area is 500 Å². The van der Waals surface area contributed by atoms with Gasteiger partial charge in [0.05, 0.1) is 34.4 Å². The number of nitrogens with zero attached hydrogens (tertiary/aromatic N) is 1. The van der Waals surface area contributed by atoms with Crippen LogP contribution in [0.1, 0.15) is 309 Å². The van der Waals surface area contributed by atoms with E-state index in [4.69, 9.17) is 18.9 Å². The van der Waals surface area contributed by atoms with Gasteiger partial charge in [-0.05, 0) is 83.5 Å². The third kappa shape index (κ3) is 64.1. The first kappa shape index (κ1) is 77.7. The maximum atomic E-state index is 12.9. The van der Waals surface area contributed by atoms with Crippen molar-refractivity contribution in [2.75, 3.05) is 47.5 Å². The number of esters is 2. The summed E-state index contributed by atoms with van der Waals surface area (Å²) >= 11 is 0. The summed E-state index contributed by atoms with van der Waals surface area (Å²) in [6.45, 7) is 4.80. The minimum absolute atomic E-state index is 0.181. The summed E-state index contributed by atoms with van der Waals surface area (Å²) < 4.78 is 23.0. The zero-order valence-corrected chi connectivity index (χ0v) is 53.7. The normalized spacial score (nSPS) is 13.1. The van der Waals surface area contributed by atoms with Crippen molar-refractivity contribution in [2.45, 2.75) is 322 Å². The smallest absolute Gasteiger partial charge is 0.361 e. The van der Waals surface area contributed by atoms with Gasteiger partial charge in [0, 0.05) is 12.8 Å². The predicted molar refractivity (Wildman–Crippen MR) is 346 cm³/mol. The number of aliphatic carboxylic acids is 1. The molecule has 0 aromatic rings. The molecule has 0 radical (unpaired) electrons. The maximum Gasteiger partial charge on any atom is 0.361 e. The van der Waals surface area contributed by atoms with E-state index in [9.17, 15) is 19.5 Å². The van der Waals surface area contributed by atoms with Gasteiger partial charge in [-0.3, -0.25) is 9.59 Å². The van der Waals surface area contributed by atoms with E-state index in [1.54, 1.807) is 0 Å². The van der Waals surface area contributed by atoms with Crippen molar-refractivity contribution in [3.05, 3.63) is 72.9 Å². The Kier molecular flexibility index (Phi) is 60.2. The Hall–Kier alpha value is -3.27. The number of rotatable bonds is 63. The highest BCUT2D eigenvalue weighted by Crippen LogP contribution is 2.18. The second kappa shape index (κ2) is 62.8. The minimum Gasteiger partial charge on any atom is -0.477 e. The Morgan fingerprint density at radius 3 is 1.06 bits per heavy atom. The van der Waals surface area contributed by atoms with Gasteiger partial charge in [0.1, 0.15) is 13.2 Å². The van der Waals surface area contributed by atoms with Crippen LogP contribution in [0.5, 0.6) is 0 Å². The summed E-state index contributed by atoms with van der Waals surface area (Å²) in [4.78, 5) is 37.6. The maximum absolute atomic E-state index is 12.9. The predicted octanol–water partition coefficient (Wildman–Crippen LogP) is 20.9. The topological polar surface area (TPSA) is 108 Å². The second-order valence-electron chi connectivity index (χ2n) is 24.1. The van der Waals surface area contributed by atoms with Gasteiger partial charge in [0.15, 0.2) is 6.10 Å². The number of carbonyl (C=O) groups is 3. The highest BCUT2D eigenvalue weighted by Gasteiger charge is 2.25. The quantitative estimate of drug-likeness (QED) is 0.0211. The van der Waals surface area contributed by atoms with Gasteiger partial charge in [-0.15, -0.1) is 0 Å². The Balaban J connectivity index is 4.10. The average Bonchev–Trinajstić information content (AvgIpc) is 3.44. The van der Waals surface area contributed by atoms with Crippen LogP contribution >= 0.6 is 0 Å². The lowest BCUT2D eigenvalue weighted by Gasteiger charge is -2.25. The third-order valence-corrected chi connectivity index (χ3v) is 14.9. The lowest BCUT2D eigenvalue weighted by atomic mass is 10.0. The van der Waals surface area contributed by atoms with E-state index < -0.39 is 24.3 Å². The fourth-order valence-electron chi connectivity index (χ4n) is 9.74. The summed E-state index contributed by atoms with van der Waals surface area (Å²) in [5.41, 5.74) is 0. The van der Waals surface area contributed by atoms with Crippen molar-refractivity contribution in [1.82, 2.24) is 0 Å². The van der Waals surface area contributed by atoms with Gasteiger partial charge in [0.2, 0.25) is 0 Å². The molecule has 0 fully saturated rings. The van der Waals surface area contributed by atoms with Crippen LogP contribution < -0.4 is 0 Å². The van der Waals surface area contributed by atoms with Crippen molar-refractivity contribution in [3.8, 4) is 0 Å². The van der Waals surface area contributed by atoms with Crippen LogP contribution in [0.2, 0.25) is 0 Å². The van der Waals surface area contributed by atoms with E-state index in [1.165, 1.54) is 212 Å². The number of unbranched alkanes of at least 4 members (excludes halogenated alkanes) is 36. The molecule has 0 bridgehead atoms. The highest BCUT2D eigenvalue weighted by molar-refractivity contribution is 5.71. The Bertz CT molecular complexity index is 1560. The van der Waals surface area contributed by atoms with E-state index in [1.807, 2.05) is 21.1 Å². The number of hydrogen-bond acceptors (Lipinski definition) is 7. The van der Waals surface area contributed by atoms with Gasteiger partial charge < -0.3 is 28.5 Å². The van der Waals surface area contributed by atoms with Crippen molar-refractivity contribution >= 4 is 17.9 Å². The van der Waals surface area contributed by atoms with Crippen LogP contribution in [0, 0.1) is 0 Å². The molecule has 9 heteroatoms. The lowest BCUT2D eigenvalue weighted by Crippen LogP contribution is -2.40. The van der Waals surface area contributed by atoms with Crippen LogP contribution in [-0.2, 0) is 33.3 Å². The number of carboxylic acids is 1. The molecule has 81 heavy (non-hydrogen) atoms. The molecule has 2 atom stereocenters. The standard InChI is InChI=1S/C72H129NO8/c1-6-8-10-12-14-16-18-20-22-24-26-28-30-31-32-33-34-35-36-37-38-39-41-43-45-47-49-51-53-55-57-59-61-63-70(75)81-68(67-80-72(71(76)77)78-65-64-73(3,4)5)66-79-69(74)62-60-58-56-54-52-50-48-46-44-42-40-29-27-25-23-21-19-17-15-13-11-9-7-2/h8,10,14,16,20,22,25-28,31-32,68,72H,6-7,9,11-13,15,17-19,21,23-24,29-30,33-67H2,1-5H3/p+1/b10-8-,16-14-,22-20-,27-25-,28-26-,32-31-. The van der Waals surface area contributed by atoms with Crippen molar-refractivity contribution < 1.29 is 42.9 Å². The second-order valence-corrected chi connectivity index (χ2v) is 24.1. The van der Waals surface area contributed by atoms with E-state index in [2.05, 4.69) is 86.8 Å². The molecule has 0 saturated heterocycles. The largest absolute Gasteiger partial charge is 0.477 e. The van der Waals surface area contributed by atoms with E-state index in [-0.39, 0.29) is 32.2 Å². The summed E-state index contributed by atoms with van der Waals surface area (Å²) in [5, 5.41) is 9.74. The van der Waals surface area contributed by atoms with Crippen LogP contribution in [0.3, 0.4) is 0 Å². The van der Waals surface area contributed by atoms with E-state index >= 15 is 0 Å². The third-order valence-electron chi connectivity index (χ3n) is 14.9. The number of allylic oxidation sites excluding steroid dienone is 12. The van der Waals surface area contributed by atoms with Gasteiger partial charge >= 0.3 is 17.9 Å². The molecule has 0 amide bonds. The van der Waals surface area contributed by atoms with Crippen LogP contribution in [-0.4, -0.2) is 87.4 Å². The first-order valence-corrected chi connectivity index (χ1v) is 34.1. The highest BCUT2D eigenvalue weighted by atomic mass is 16.7. The summed E-state index contributed by atoms with van der Waals surface area (Å²) in [6.07, 6.45) is 80.1. The molecule has 0 aromatic carbocycles. The van der Waals surface area contributed by atoms with E-state index in [0.717, 1.165) is 70.6 Å². The molecule has 0 heterocycles. The summed E-state index contributed by atoms with van der Waals surface area (Å²) in [5.74, 6) is -1.99. The number of ether oxygens (including phenoxy) is 4. The average molecular weight is 1140 g/mol. The van der Waals surface area contributed by atoms with Crippen LogP contribution in [0.15, 0.2) is 72.9 Å². The molecule has 0 aromatic heterocycles. The molecule has 9 nitrogen and oxygen atoms in total. The zero-order chi connectivity index (χ0) is 59.1. The molecule has 1 N–H and O–H groups in total. The molecule has 0 aliphatic carbocycles. The molecule has 0 aliphatic rings. The number of hydrogen-bond donors (Lipinski definition) is 1. The first-order chi connectivity index (χ1) is 39.6. The molecular formula is C72H130NO8+. The van der Waals surface area contributed by atoms with Crippen molar-refractivity contribution in [3.63, 3.8) is 0 Å². The van der Waals surface area contributed by atoms with Gasteiger partial charge in [-0.1, -0.05) is 286 Å². The van der Waals surface area contributed by atoms with Gasteiger partial charge in [0.25, 0.3) is 6.29 Å². The lowest BCUT2D eigenvalue weighted by molar-refractivity contribution is -0.870. The Morgan fingerprint density at radius 1 is 0.383 bits per heavy atom. The number of carboxylic acid groups (broad SMARTS) is 1. The summed E-state index contributed by atoms with van der Waals surface area (Å²) in [6, 6.07) is 0. The van der Waals surface area contributed by atoms with Gasteiger partial charge in [-0.2, -0.15) is 0 Å². The molecule has 0 rings (SSSR count). The number of likely N-dealkylation sites (N-methyl/N-ethyl adjacent to an activating group) is 1. The summed E-state index contributed by atoms with van der Waals surface area (Å²) in [7, 11) is 5.98.